The van der Waals surface area contributed by atoms with Gasteiger partial charge >= 0.3 is 0 Å². The first-order valence-corrected chi connectivity index (χ1v) is 10.6. The van der Waals surface area contributed by atoms with Crippen LogP contribution in [-0.2, 0) is 4.79 Å². The summed E-state index contributed by atoms with van der Waals surface area (Å²) < 4.78 is 5.61. The first-order valence-electron chi connectivity index (χ1n) is 10.6. The number of anilines is 1. The van der Waals surface area contributed by atoms with Gasteiger partial charge in [-0.15, -0.1) is 0 Å². The number of para-hydroxylation sites is 1. The monoisotopic (exact) mass is 428 g/mol. The van der Waals surface area contributed by atoms with Gasteiger partial charge in [-0.25, -0.2) is 0 Å². The van der Waals surface area contributed by atoms with Gasteiger partial charge in [-0.2, -0.15) is 0 Å². The van der Waals surface area contributed by atoms with Crippen molar-refractivity contribution in [3.05, 3.63) is 102 Å². The fraction of sp³-hybridized carbons (Fsp3) is 0.185. The van der Waals surface area contributed by atoms with Gasteiger partial charge in [-0.05, 0) is 55.8 Å². The highest BCUT2D eigenvalue weighted by Crippen LogP contribution is 2.24. The SMILES string of the molecule is CCOc1ccccc1/C=C/C(=O)N(C)C(C)c1cccc(NC(=O)c2ccccc2)c1. The summed E-state index contributed by atoms with van der Waals surface area (Å²) in [7, 11) is 1.76. The molecule has 1 unspecified atom stereocenters. The highest BCUT2D eigenvalue weighted by molar-refractivity contribution is 6.04. The fourth-order valence-electron chi connectivity index (χ4n) is 3.27. The second-order valence-electron chi connectivity index (χ2n) is 7.37. The molecule has 5 nitrogen and oxygen atoms in total. The van der Waals surface area contributed by atoms with Gasteiger partial charge in [0.15, 0.2) is 0 Å². The van der Waals surface area contributed by atoms with Gasteiger partial charge in [0.1, 0.15) is 5.75 Å². The van der Waals surface area contributed by atoms with Crippen LogP contribution in [0.25, 0.3) is 6.08 Å². The molecule has 0 fully saturated rings. The molecule has 0 bridgehead atoms. The molecule has 0 saturated heterocycles. The molecule has 3 aromatic carbocycles. The molecule has 0 aliphatic rings. The van der Waals surface area contributed by atoms with Crippen LogP contribution in [0.3, 0.4) is 0 Å². The minimum Gasteiger partial charge on any atom is -0.493 e. The molecule has 5 heteroatoms. The van der Waals surface area contributed by atoms with Crippen LogP contribution in [0.5, 0.6) is 5.75 Å². The molecule has 1 N–H and O–H groups in total. The van der Waals surface area contributed by atoms with Crippen LogP contribution < -0.4 is 10.1 Å². The van der Waals surface area contributed by atoms with Crippen LogP contribution in [-0.4, -0.2) is 30.4 Å². The van der Waals surface area contributed by atoms with Crippen molar-refractivity contribution in [2.75, 3.05) is 19.0 Å². The topological polar surface area (TPSA) is 58.6 Å². The zero-order valence-corrected chi connectivity index (χ0v) is 18.6. The van der Waals surface area contributed by atoms with Gasteiger partial charge in [0, 0.05) is 29.9 Å². The summed E-state index contributed by atoms with van der Waals surface area (Å²) in [5, 5.41) is 2.92. The van der Waals surface area contributed by atoms with Gasteiger partial charge in [0.05, 0.1) is 12.6 Å². The third-order valence-electron chi connectivity index (χ3n) is 5.22. The summed E-state index contributed by atoms with van der Waals surface area (Å²) in [5.74, 6) is 0.454. The number of amides is 2. The van der Waals surface area contributed by atoms with Crippen molar-refractivity contribution in [1.29, 1.82) is 0 Å². The van der Waals surface area contributed by atoms with Crippen LogP contribution in [0.1, 0.15) is 41.4 Å². The maximum atomic E-state index is 12.8. The van der Waals surface area contributed by atoms with E-state index in [-0.39, 0.29) is 17.9 Å². The Morgan fingerprint density at radius 2 is 1.72 bits per heavy atom. The minimum absolute atomic E-state index is 0.123. The van der Waals surface area contributed by atoms with Crippen LogP contribution >= 0.6 is 0 Å². The first-order chi connectivity index (χ1) is 15.5. The third kappa shape index (κ3) is 5.85. The van der Waals surface area contributed by atoms with E-state index in [2.05, 4.69) is 5.32 Å². The number of likely N-dealkylation sites (N-methyl/N-ethyl adjacent to an activating group) is 1. The van der Waals surface area contributed by atoms with Gasteiger partial charge in [-0.3, -0.25) is 9.59 Å². The highest BCUT2D eigenvalue weighted by Gasteiger charge is 2.16. The van der Waals surface area contributed by atoms with E-state index in [0.717, 1.165) is 16.9 Å². The minimum atomic E-state index is -0.178. The lowest BCUT2D eigenvalue weighted by Crippen LogP contribution is -2.28. The summed E-state index contributed by atoms with van der Waals surface area (Å²) >= 11 is 0. The Balaban J connectivity index is 1.69. The summed E-state index contributed by atoms with van der Waals surface area (Å²) in [5.41, 5.74) is 3.06. The van der Waals surface area contributed by atoms with Gasteiger partial charge in [0.2, 0.25) is 5.91 Å². The van der Waals surface area contributed by atoms with Gasteiger partial charge in [-0.1, -0.05) is 48.5 Å². The maximum absolute atomic E-state index is 12.8. The van der Waals surface area contributed by atoms with E-state index in [1.807, 2.05) is 80.6 Å². The average molecular weight is 429 g/mol. The van der Waals surface area contributed by atoms with Crippen LogP contribution in [0.4, 0.5) is 5.69 Å². The largest absolute Gasteiger partial charge is 0.493 e. The molecule has 3 rings (SSSR count). The average Bonchev–Trinajstić information content (AvgIpc) is 2.83. The second-order valence-corrected chi connectivity index (χ2v) is 7.37. The predicted molar refractivity (Wildman–Crippen MR) is 129 cm³/mol. The molecule has 0 saturated carbocycles. The molecule has 0 aliphatic carbocycles. The summed E-state index contributed by atoms with van der Waals surface area (Å²) in [6.45, 7) is 4.45. The third-order valence-corrected chi connectivity index (χ3v) is 5.22. The summed E-state index contributed by atoms with van der Waals surface area (Å²) in [4.78, 5) is 26.9. The fourth-order valence-corrected chi connectivity index (χ4v) is 3.27. The quantitative estimate of drug-likeness (QED) is 0.477. The molecule has 0 aromatic heterocycles. The van der Waals surface area contributed by atoms with Crippen molar-refractivity contribution in [2.24, 2.45) is 0 Å². The molecular weight excluding hydrogens is 400 g/mol. The molecule has 1 atom stereocenters. The number of carbonyl (C=O) groups is 2. The lowest BCUT2D eigenvalue weighted by atomic mass is 10.1. The Morgan fingerprint density at radius 3 is 2.47 bits per heavy atom. The van der Waals surface area contributed by atoms with Crippen molar-refractivity contribution < 1.29 is 14.3 Å². The van der Waals surface area contributed by atoms with Crippen molar-refractivity contribution in [3.63, 3.8) is 0 Å². The number of rotatable bonds is 8. The molecular formula is C27H28N2O3. The molecule has 0 radical (unpaired) electrons. The molecule has 2 amide bonds. The molecule has 0 spiro atoms. The molecule has 32 heavy (non-hydrogen) atoms. The van der Waals surface area contributed by atoms with Crippen molar-refractivity contribution in [2.45, 2.75) is 19.9 Å². The zero-order valence-electron chi connectivity index (χ0n) is 18.6. The van der Waals surface area contributed by atoms with E-state index < -0.39 is 0 Å². The number of hydrogen-bond acceptors (Lipinski definition) is 3. The van der Waals surface area contributed by atoms with Crippen molar-refractivity contribution >= 4 is 23.6 Å². The van der Waals surface area contributed by atoms with Crippen molar-refractivity contribution in [3.8, 4) is 5.75 Å². The normalized spacial score (nSPS) is 11.7. The molecule has 0 heterocycles. The Kier molecular flexibility index (Phi) is 7.81. The van der Waals surface area contributed by atoms with Gasteiger partial charge < -0.3 is 15.0 Å². The maximum Gasteiger partial charge on any atom is 0.255 e. The smallest absolute Gasteiger partial charge is 0.255 e. The van der Waals surface area contributed by atoms with E-state index in [9.17, 15) is 9.59 Å². The van der Waals surface area contributed by atoms with Crippen LogP contribution in [0, 0.1) is 0 Å². The Labute approximate surface area is 189 Å². The zero-order chi connectivity index (χ0) is 22.9. The lowest BCUT2D eigenvalue weighted by Gasteiger charge is -2.24. The highest BCUT2D eigenvalue weighted by atomic mass is 16.5. The molecule has 164 valence electrons. The van der Waals surface area contributed by atoms with E-state index >= 15 is 0 Å². The number of carbonyl (C=O) groups excluding carboxylic acids is 2. The number of ether oxygens (including phenoxy) is 1. The van der Waals surface area contributed by atoms with Crippen molar-refractivity contribution in [1.82, 2.24) is 4.90 Å². The van der Waals surface area contributed by atoms with E-state index in [1.54, 1.807) is 36.2 Å². The standard InChI is InChI=1S/C27H28N2O3/c1-4-32-25-16-9-8-11-21(25)17-18-26(30)29(3)20(2)23-14-10-15-24(19-23)28-27(31)22-12-6-5-7-13-22/h5-20H,4H2,1-3H3,(H,28,31)/b18-17+. The second kappa shape index (κ2) is 11.0. The predicted octanol–water partition coefficient (Wildman–Crippen LogP) is 5.57. The summed E-state index contributed by atoms with van der Waals surface area (Å²) in [6.07, 6.45) is 3.32. The number of hydrogen-bond donors (Lipinski definition) is 1. The Bertz CT molecular complexity index is 1090. The van der Waals surface area contributed by atoms with Crippen LogP contribution in [0.15, 0.2) is 84.9 Å². The van der Waals surface area contributed by atoms with E-state index in [0.29, 0.717) is 17.9 Å². The number of benzene rings is 3. The Morgan fingerprint density at radius 1 is 1.00 bits per heavy atom. The summed E-state index contributed by atoms with van der Waals surface area (Å²) in [6, 6.07) is 24.0. The van der Waals surface area contributed by atoms with E-state index in [1.165, 1.54) is 0 Å². The van der Waals surface area contributed by atoms with E-state index in [4.69, 9.17) is 4.74 Å². The molecule has 0 aliphatic heterocycles. The van der Waals surface area contributed by atoms with Crippen LogP contribution in [0.2, 0.25) is 0 Å². The number of nitrogens with zero attached hydrogens (tertiary/aromatic N) is 1. The molecule has 3 aromatic rings. The Hall–Kier alpha value is -3.86. The van der Waals surface area contributed by atoms with Gasteiger partial charge in [0.25, 0.3) is 5.91 Å². The number of nitrogens with one attached hydrogen (secondary N) is 1. The first kappa shape index (κ1) is 22.8. The lowest BCUT2D eigenvalue weighted by molar-refractivity contribution is -0.126.